The van der Waals surface area contributed by atoms with E-state index in [4.69, 9.17) is 4.74 Å². The fourth-order valence-corrected chi connectivity index (χ4v) is 7.60. The third-order valence-corrected chi connectivity index (χ3v) is 11.4. The number of carbonyl (C=O) groups excluding carboxylic acids is 1. The number of halogens is 1. The Labute approximate surface area is 316 Å². The summed E-state index contributed by atoms with van der Waals surface area (Å²) in [6.45, 7) is 14.3. The molecule has 0 aliphatic carbocycles. The summed E-state index contributed by atoms with van der Waals surface area (Å²) >= 11 is 0. The molecule has 1 atom stereocenters. The standard InChI is InChI=1S/C45H92NO2.ClH/c1-7-11-15-19-23-25-26-27-29-31-35-39-43-48-45(5,44(47)40-36-32-30-28-24-20-16-12-8-2)46(6,41-37-33-21-17-13-9-3)42-38-34-22-18-14-10-4;/h7-43H2,1-6H3;1H/q+1;/p-1. The number of hydrogen-bond donors (Lipinski definition) is 0. The van der Waals surface area contributed by atoms with Gasteiger partial charge in [-0.25, -0.2) is 0 Å². The Bertz CT molecular complexity index is 654. The van der Waals surface area contributed by atoms with Crippen LogP contribution in [0.3, 0.4) is 0 Å². The van der Waals surface area contributed by atoms with Crippen molar-refractivity contribution in [1.29, 1.82) is 0 Å². The lowest BCUT2D eigenvalue weighted by atomic mass is 9.96. The van der Waals surface area contributed by atoms with Crippen LogP contribution in [0, 0.1) is 0 Å². The number of likely N-dealkylation sites (N-methyl/N-ethyl adjacent to an activating group) is 1. The Balaban J connectivity index is 0. The maximum Gasteiger partial charge on any atom is 0.260 e. The fourth-order valence-electron chi connectivity index (χ4n) is 7.60. The molecule has 0 aliphatic rings. The van der Waals surface area contributed by atoms with Gasteiger partial charge in [0.25, 0.3) is 5.72 Å². The molecule has 4 heteroatoms. The van der Waals surface area contributed by atoms with Gasteiger partial charge in [-0.3, -0.25) is 9.28 Å². The molecule has 0 aliphatic heterocycles. The van der Waals surface area contributed by atoms with Gasteiger partial charge in [0, 0.05) is 13.3 Å². The van der Waals surface area contributed by atoms with Gasteiger partial charge in [0.05, 0.1) is 26.7 Å². The van der Waals surface area contributed by atoms with E-state index in [0.717, 1.165) is 37.0 Å². The Morgan fingerprint density at radius 2 is 0.694 bits per heavy atom. The van der Waals surface area contributed by atoms with Gasteiger partial charge in [-0.2, -0.15) is 0 Å². The van der Waals surface area contributed by atoms with Crippen molar-refractivity contribution in [2.45, 2.75) is 259 Å². The maximum absolute atomic E-state index is 14.3. The van der Waals surface area contributed by atoms with Crippen molar-refractivity contribution in [2.24, 2.45) is 0 Å². The van der Waals surface area contributed by atoms with Crippen molar-refractivity contribution < 1.29 is 26.4 Å². The third-order valence-electron chi connectivity index (χ3n) is 11.4. The predicted octanol–water partition coefficient (Wildman–Crippen LogP) is 12.1. The highest BCUT2D eigenvalue weighted by Crippen LogP contribution is 2.31. The molecule has 0 bridgehead atoms. The van der Waals surface area contributed by atoms with Crippen LogP contribution in [0.2, 0.25) is 0 Å². The summed E-state index contributed by atoms with van der Waals surface area (Å²) < 4.78 is 7.68. The lowest BCUT2D eigenvalue weighted by Gasteiger charge is -2.48. The zero-order valence-electron chi connectivity index (χ0n) is 34.8. The van der Waals surface area contributed by atoms with Gasteiger partial charge in [0.2, 0.25) is 5.78 Å². The molecule has 0 N–H and O–H groups in total. The van der Waals surface area contributed by atoms with Gasteiger partial charge in [0.1, 0.15) is 0 Å². The van der Waals surface area contributed by atoms with Crippen molar-refractivity contribution in [3.05, 3.63) is 0 Å². The van der Waals surface area contributed by atoms with Crippen molar-refractivity contribution >= 4 is 5.78 Å². The van der Waals surface area contributed by atoms with E-state index in [1.165, 1.54) is 199 Å². The maximum atomic E-state index is 14.3. The average Bonchev–Trinajstić information content (AvgIpc) is 3.08. The van der Waals surface area contributed by atoms with Crippen molar-refractivity contribution in [3.8, 4) is 0 Å². The van der Waals surface area contributed by atoms with E-state index in [1.807, 2.05) is 0 Å². The van der Waals surface area contributed by atoms with Crippen LogP contribution in [-0.4, -0.2) is 42.7 Å². The van der Waals surface area contributed by atoms with Crippen LogP contribution < -0.4 is 12.4 Å². The van der Waals surface area contributed by atoms with E-state index < -0.39 is 5.72 Å². The molecule has 0 amide bonds. The number of ketones is 1. The van der Waals surface area contributed by atoms with Crippen molar-refractivity contribution in [3.63, 3.8) is 0 Å². The minimum Gasteiger partial charge on any atom is -1.00 e. The molecule has 0 aromatic rings. The highest BCUT2D eigenvalue weighted by atomic mass is 35.5. The first-order chi connectivity index (χ1) is 23.4. The van der Waals surface area contributed by atoms with Crippen molar-refractivity contribution in [1.82, 2.24) is 0 Å². The molecule has 0 aromatic heterocycles. The zero-order chi connectivity index (χ0) is 35.4. The van der Waals surface area contributed by atoms with Gasteiger partial charge in [-0.1, -0.05) is 201 Å². The van der Waals surface area contributed by atoms with Gasteiger partial charge in [0.15, 0.2) is 0 Å². The fraction of sp³-hybridized carbons (Fsp3) is 0.978. The Morgan fingerprint density at radius 1 is 0.429 bits per heavy atom. The van der Waals surface area contributed by atoms with E-state index in [-0.39, 0.29) is 12.4 Å². The number of hydrogen-bond acceptors (Lipinski definition) is 2. The number of rotatable bonds is 40. The van der Waals surface area contributed by atoms with Gasteiger partial charge >= 0.3 is 0 Å². The van der Waals surface area contributed by atoms with E-state index in [9.17, 15) is 4.79 Å². The minimum absolute atomic E-state index is 0. The SMILES string of the molecule is CCCCCCCCCCCCCCOC(C)(C(=O)CCCCCCCCCCC)[N+](C)(CCCCCCCC)CCCCCCCC.[Cl-]. The Morgan fingerprint density at radius 3 is 1.02 bits per heavy atom. The number of Topliss-reactive ketones (excluding diaryl/α,β-unsaturated/α-hetero) is 1. The average molecular weight is 715 g/mol. The van der Waals surface area contributed by atoms with Crippen LogP contribution in [0.25, 0.3) is 0 Å². The summed E-state index contributed by atoms with van der Waals surface area (Å²) in [6, 6.07) is 0. The molecular formula is C45H92ClNO2. The normalized spacial score (nSPS) is 13.0. The molecule has 3 nitrogen and oxygen atoms in total. The van der Waals surface area contributed by atoms with Crippen LogP contribution in [-0.2, 0) is 9.53 Å². The van der Waals surface area contributed by atoms with E-state index in [2.05, 4.69) is 41.7 Å². The topological polar surface area (TPSA) is 26.3 Å². The summed E-state index contributed by atoms with van der Waals surface area (Å²) in [5.41, 5.74) is -0.717. The second kappa shape index (κ2) is 37.6. The predicted molar refractivity (Wildman–Crippen MR) is 215 cm³/mol. The van der Waals surface area contributed by atoms with E-state index in [1.54, 1.807) is 0 Å². The van der Waals surface area contributed by atoms with Crippen LogP contribution in [0.1, 0.15) is 253 Å². The number of unbranched alkanes of at least 4 members (excludes halogenated alkanes) is 29. The summed E-state index contributed by atoms with van der Waals surface area (Å²) in [7, 11) is 2.38. The molecular weight excluding hydrogens is 622 g/mol. The quantitative estimate of drug-likeness (QED) is 0.0359. The van der Waals surface area contributed by atoms with Crippen LogP contribution in [0.15, 0.2) is 0 Å². The van der Waals surface area contributed by atoms with E-state index >= 15 is 0 Å². The second-order valence-corrected chi connectivity index (χ2v) is 16.1. The number of quaternary nitrogens is 1. The summed E-state index contributed by atoms with van der Waals surface area (Å²) in [6.07, 6.45) is 44.2. The highest BCUT2D eigenvalue weighted by Gasteiger charge is 2.50. The summed E-state index contributed by atoms with van der Waals surface area (Å²) in [5, 5.41) is 0. The molecule has 0 rings (SSSR count). The second-order valence-electron chi connectivity index (χ2n) is 16.1. The van der Waals surface area contributed by atoms with Gasteiger partial charge in [-0.05, 0) is 38.5 Å². The van der Waals surface area contributed by atoms with Crippen LogP contribution >= 0.6 is 0 Å². The molecule has 296 valence electrons. The molecule has 0 radical (unpaired) electrons. The molecule has 0 spiro atoms. The summed E-state index contributed by atoms with van der Waals surface area (Å²) in [4.78, 5) is 14.3. The molecule has 0 heterocycles. The Kier molecular flexibility index (Phi) is 39.2. The van der Waals surface area contributed by atoms with Crippen LogP contribution in [0.5, 0.6) is 0 Å². The van der Waals surface area contributed by atoms with Gasteiger partial charge in [-0.15, -0.1) is 0 Å². The largest absolute Gasteiger partial charge is 1.00 e. The minimum atomic E-state index is -0.717. The summed E-state index contributed by atoms with van der Waals surface area (Å²) in [5.74, 6) is 0.379. The molecule has 0 aromatic carbocycles. The lowest BCUT2D eigenvalue weighted by Crippen LogP contribution is -3.00. The molecule has 49 heavy (non-hydrogen) atoms. The first kappa shape index (κ1) is 51.0. The molecule has 0 saturated heterocycles. The first-order valence-electron chi connectivity index (χ1n) is 22.4. The van der Waals surface area contributed by atoms with Gasteiger partial charge < -0.3 is 17.1 Å². The van der Waals surface area contributed by atoms with E-state index in [0.29, 0.717) is 12.2 Å². The number of carbonyl (C=O) groups is 1. The number of nitrogens with zero attached hydrogens (tertiary/aromatic N) is 1. The third kappa shape index (κ3) is 28.1. The highest BCUT2D eigenvalue weighted by molar-refractivity contribution is 5.85. The number of ether oxygens (including phenoxy) is 1. The smallest absolute Gasteiger partial charge is 0.260 e. The zero-order valence-corrected chi connectivity index (χ0v) is 35.6. The molecule has 0 fully saturated rings. The Hall–Kier alpha value is -0.120. The molecule has 1 unspecified atom stereocenters. The van der Waals surface area contributed by atoms with Crippen molar-refractivity contribution in [2.75, 3.05) is 26.7 Å². The first-order valence-corrected chi connectivity index (χ1v) is 22.4. The van der Waals surface area contributed by atoms with Crippen LogP contribution in [0.4, 0.5) is 0 Å². The lowest BCUT2D eigenvalue weighted by molar-refractivity contribution is -0.971. The molecule has 0 saturated carbocycles. The monoisotopic (exact) mass is 714 g/mol.